The summed E-state index contributed by atoms with van der Waals surface area (Å²) in [6.07, 6.45) is 2.82. The fourth-order valence-corrected chi connectivity index (χ4v) is 2.22. The van der Waals surface area contributed by atoms with E-state index in [1.807, 2.05) is 12.3 Å². The van der Waals surface area contributed by atoms with Crippen LogP contribution in [0.1, 0.15) is 37.7 Å². The lowest BCUT2D eigenvalue weighted by atomic mass is 10.1. The van der Waals surface area contributed by atoms with Gasteiger partial charge in [-0.25, -0.2) is 4.98 Å². The van der Waals surface area contributed by atoms with Crippen molar-refractivity contribution in [3.05, 3.63) is 16.6 Å². The van der Waals surface area contributed by atoms with Crippen LogP contribution in [0.4, 0.5) is 0 Å². The minimum Gasteiger partial charge on any atom is -0.481 e. The van der Waals surface area contributed by atoms with E-state index in [1.165, 1.54) is 0 Å². The van der Waals surface area contributed by atoms with Gasteiger partial charge in [-0.1, -0.05) is 6.92 Å². The summed E-state index contributed by atoms with van der Waals surface area (Å²) in [7, 11) is 0. The third-order valence-electron chi connectivity index (χ3n) is 2.12. The molecular formula is C10H16N2O2S. The van der Waals surface area contributed by atoms with Crippen molar-refractivity contribution in [1.82, 2.24) is 10.3 Å². The molecule has 2 atom stereocenters. The highest BCUT2D eigenvalue weighted by atomic mass is 32.1. The minimum absolute atomic E-state index is 0.0312. The van der Waals surface area contributed by atoms with Gasteiger partial charge in [0.25, 0.3) is 0 Å². The predicted octanol–water partition coefficient (Wildman–Crippen LogP) is 2.05. The molecule has 84 valence electrons. The van der Waals surface area contributed by atoms with Crippen LogP contribution in [-0.2, 0) is 4.79 Å². The molecule has 0 aliphatic rings. The second-order valence-corrected chi connectivity index (χ2v) is 4.42. The van der Waals surface area contributed by atoms with Crippen molar-refractivity contribution in [3.8, 4) is 0 Å². The number of hydrogen-bond donors (Lipinski definition) is 2. The van der Waals surface area contributed by atoms with Crippen molar-refractivity contribution in [2.45, 2.75) is 38.8 Å². The van der Waals surface area contributed by atoms with E-state index in [-0.39, 0.29) is 18.5 Å². The molecule has 1 aromatic heterocycles. The van der Waals surface area contributed by atoms with Crippen LogP contribution in [0, 0.1) is 0 Å². The SMILES string of the molecule is CCC(NC(C)CC(=O)O)c1nccs1. The molecule has 0 radical (unpaired) electrons. The molecule has 0 spiro atoms. The Balaban J connectivity index is 2.50. The first-order valence-corrected chi connectivity index (χ1v) is 5.88. The highest BCUT2D eigenvalue weighted by Crippen LogP contribution is 2.19. The van der Waals surface area contributed by atoms with Gasteiger partial charge in [0.15, 0.2) is 0 Å². The Morgan fingerprint density at radius 3 is 2.93 bits per heavy atom. The molecule has 0 bridgehead atoms. The summed E-state index contributed by atoms with van der Waals surface area (Å²) < 4.78 is 0. The third kappa shape index (κ3) is 3.97. The van der Waals surface area contributed by atoms with E-state index >= 15 is 0 Å². The predicted molar refractivity (Wildman–Crippen MR) is 60.0 cm³/mol. The Hall–Kier alpha value is -0.940. The lowest BCUT2D eigenvalue weighted by Crippen LogP contribution is -2.32. The number of aliphatic carboxylic acids is 1. The Bertz CT molecular complexity index is 300. The first-order valence-electron chi connectivity index (χ1n) is 5.00. The number of aromatic nitrogens is 1. The molecular weight excluding hydrogens is 212 g/mol. The van der Waals surface area contributed by atoms with Gasteiger partial charge in [-0.05, 0) is 13.3 Å². The third-order valence-corrected chi connectivity index (χ3v) is 3.01. The Kier molecular flexibility index (Phi) is 4.71. The van der Waals surface area contributed by atoms with Gasteiger partial charge in [0.2, 0.25) is 0 Å². The van der Waals surface area contributed by atoms with Crippen LogP contribution in [-0.4, -0.2) is 22.1 Å². The average molecular weight is 228 g/mol. The topological polar surface area (TPSA) is 62.2 Å². The molecule has 5 heteroatoms. The van der Waals surface area contributed by atoms with Gasteiger partial charge in [-0.15, -0.1) is 11.3 Å². The zero-order valence-corrected chi connectivity index (χ0v) is 9.75. The maximum absolute atomic E-state index is 10.5. The zero-order chi connectivity index (χ0) is 11.3. The summed E-state index contributed by atoms with van der Waals surface area (Å²) in [6, 6.07) is 0.135. The number of hydrogen-bond acceptors (Lipinski definition) is 4. The van der Waals surface area contributed by atoms with Crippen molar-refractivity contribution in [3.63, 3.8) is 0 Å². The number of nitrogens with one attached hydrogen (secondary N) is 1. The highest BCUT2D eigenvalue weighted by molar-refractivity contribution is 7.09. The van der Waals surface area contributed by atoms with Crippen LogP contribution in [0.25, 0.3) is 0 Å². The lowest BCUT2D eigenvalue weighted by Gasteiger charge is -2.19. The summed E-state index contributed by atoms with van der Waals surface area (Å²) in [5.74, 6) is -0.774. The molecule has 1 heterocycles. The largest absolute Gasteiger partial charge is 0.481 e. The summed E-state index contributed by atoms with van der Waals surface area (Å²) in [5, 5.41) is 14.9. The molecule has 0 fully saturated rings. The molecule has 1 rings (SSSR count). The molecule has 15 heavy (non-hydrogen) atoms. The molecule has 1 aromatic rings. The highest BCUT2D eigenvalue weighted by Gasteiger charge is 2.16. The van der Waals surface area contributed by atoms with Crippen LogP contribution in [0.3, 0.4) is 0 Å². The van der Waals surface area contributed by atoms with E-state index in [9.17, 15) is 4.79 Å². The van der Waals surface area contributed by atoms with E-state index < -0.39 is 5.97 Å². The Morgan fingerprint density at radius 1 is 1.73 bits per heavy atom. The monoisotopic (exact) mass is 228 g/mol. The van der Waals surface area contributed by atoms with Gasteiger partial charge < -0.3 is 10.4 Å². The number of rotatable bonds is 6. The van der Waals surface area contributed by atoms with Crippen molar-refractivity contribution < 1.29 is 9.90 Å². The van der Waals surface area contributed by atoms with Gasteiger partial charge in [0.1, 0.15) is 5.01 Å². The number of carboxylic acid groups (broad SMARTS) is 1. The molecule has 2 N–H and O–H groups in total. The Labute approximate surface area is 93.4 Å². The fraction of sp³-hybridized carbons (Fsp3) is 0.600. The molecule has 0 aliphatic heterocycles. The minimum atomic E-state index is -0.774. The Morgan fingerprint density at radius 2 is 2.47 bits per heavy atom. The number of carboxylic acids is 1. The smallest absolute Gasteiger partial charge is 0.304 e. The van der Waals surface area contributed by atoms with Crippen LogP contribution in [0.2, 0.25) is 0 Å². The summed E-state index contributed by atoms with van der Waals surface area (Å²) in [6.45, 7) is 3.94. The zero-order valence-electron chi connectivity index (χ0n) is 8.93. The van der Waals surface area contributed by atoms with Crippen LogP contribution < -0.4 is 5.32 Å². The second kappa shape index (κ2) is 5.82. The van der Waals surface area contributed by atoms with Crippen LogP contribution in [0.15, 0.2) is 11.6 Å². The normalized spacial score (nSPS) is 14.8. The van der Waals surface area contributed by atoms with Gasteiger partial charge in [0.05, 0.1) is 12.5 Å². The van der Waals surface area contributed by atoms with Crippen LogP contribution in [0.5, 0.6) is 0 Å². The van der Waals surface area contributed by atoms with Gasteiger partial charge in [-0.2, -0.15) is 0 Å². The standard InChI is InChI=1S/C10H16N2O2S/c1-3-8(10-11-4-5-15-10)12-7(2)6-9(13)14/h4-5,7-8,12H,3,6H2,1-2H3,(H,13,14). The molecule has 0 saturated carbocycles. The quantitative estimate of drug-likeness (QED) is 0.782. The second-order valence-electron chi connectivity index (χ2n) is 3.50. The summed E-state index contributed by atoms with van der Waals surface area (Å²) in [4.78, 5) is 14.7. The van der Waals surface area contributed by atoms with E-state index in [0.29, 0.717) is 0 Å². The first-order chi connectivity index (χ1) is 7.13. The van der Waals surface area contributed by atoms with E-state index in [1.54, 1.807) is 17.5 Å². The van der Waals surface area contributed by atoms with Gasteiger partial charge in [0, 0.05) is 17.6 Å². The maximum atomic E-state index is 10.5. The fourth-order valence-electron chi connectivity index (χ4n) is 1.43. The first kappa shape index (κ1) is 12.1. The maximum Gasteiger partial charge on any atom is 0.304 e. The number of carbonyl (C=O) groups is 1. The van der Waals surface area contributed by atoms with Gasteiger partial charge in [-0.3, -0.25) is 4.79 Å². The molecule has 0 aromatic carbocycles. The van der Waals surface area contributed by atoms with E-state index in [0.717, 1.165) is 11.4 Å². The molecule has 0 aliphatic carbocycles. The summed E-state index contributed by atoms with van der Waals surface area (Å²) >= 11 is 1.60. The van der Waals surface area contributed by atoms with Gasteiger partial charge >= 0.3 is 5.97 Å². The van der Waals surface area contributed by atoms with E-state index in [4.69, 9.17) is 5.11 Å². The number of thiazole rings is 1. The van der Waals surface area contributed by atoms with Crippen molar-refractivity contribution in [2.24, 2.45) is 0 Å². The van der Waals surface area contributed by atoms with Crippen molar-refractivity contribution in [1.29, 1.82) is 0 Å². The van der Waals surface area contributed by atoms with E-state index in [2.05, 4.69) is 17.2 Å². The van der Waals surface area contributed by atoms with Crippen molar-refractivity contribution >= 4 is 17.3 Å². The molecule has 2 unspecified atom stereocenters. The van der Waals surface area contributed by atoms with Crippen LogP contribution >= 0.6 is 11.3 Å². The molecule has 0 saturated heterocycles. The van der Waals surface area contributed by atoms with Crippen molar-refractivity contribution in [2.75, 3.05) is 0 Å². The number of nitrogens with zero attached hydrogens (tertiary/aromatic N) is 1. The lowest BCUT2D eigenvalue weighted by molar-refractivity contribution is -0.137. The molecule has 4 nitrogen and oxygen atoms in total. The molecule has 0 amide bonds. The summed E-state index contributed by atoms with van der Waals surface area (Å²) in [5.41, 5.74) is 0. The average Bonchev–Trinajstić information content (AvgIpc) is 2.65.